The van der Waals surface area contributed by atoms with Crippen molar-refractivity contribution in [1.82, 2.24) is 8.69 Å². The smallest absolute Gasteiger partial charge is 0.342 e. The lowest BCUT2D eigenvalue weighted by Gasteiger charge is -2.16. The molecule has 0 saturated carbocycles. The van der Waals surface area contributed by atoms with Crippen molar-refractivity contribution in [2.24, 2.45) is 0 Å². The van der Waals surface area contributed by atoms with Crippen LogP contribution in [0.3, 0.4) is 0 Å². The highest BCUT2D eigenvalue weighted by Crippen LogP contribution is 2.23. The monoisotopic (exact) mass is 339 g/mol. The van der Waals surface area contributed by atoms with Crippen molar-refractivity contribution in [2.45, 2.75) is 0 Å². The van der Waals surface area contributed by atoms with Gasteiger partial charge in [-0.25, -0.2) is 8.51 Å². The molecule has 0 saturated heterocycles. The van der Waals surface area contributed by atoms with Crippen LogP contribution < -0.4 is 10.1 Å². The van der Waals surface area contributed by atoms with Crippen molar-refractivity contribution < 1.29 is 13.9 Å². The third-order valence-corrected chi connectivity index (χ3v) is 4.40. The van der Waals surface area contributed by atoms with Gasteiger partial charge < -0.3 is 10.1 Å². The second-order valence-electron chi connectivity index (χ2n) is 3.98. The summed E-state index contributed by atoms with van der Waals surface area (Å²) >= 11 is 2.64. The quantitative estimate of drug-likeness (QED) is 0.646. The summed E-state index contributed by atoms with van der Waals surface area (Å²) in [5.41, 5.74) is 0.637. The normalized spacial score (nSPS) is 10.1. The van der Waals surface area contributed by atoms with Crippen LogP contribution in [-0.4, -0.2) is 27.2 Å². The van der Waals surface area contributed by atoms with E-state index in [2.05, 4.69) is 10.3 Å². The van der Waals surface area contributed by atoms with E-state index in [-0.39, 0.29) is 11.9 Å². The fraction of sp³-hybridized carbons (Fsp3) is 0.143. The molecule has 1 N–H and O–H groups in total. The summed E-state index contributed by atoms with van der Waals surface area (Å²) in [5.74, 6) is 0.0750. The zero-order chi connectivity index (χ0) is 15.9. The Morgan fingerprint density at radius 1 is 1.18 bits per heavy atom. The van der Waals surface area contributed by atoms with E-state index in [0.29, 0.717) is 11.4 Å². The maximum Gasteiger partial charge on any atom is 0.342 e. The van der Waals surface area contributed by atoms with E-state index in [1.165, 1.54) is 39.7 Å². The predicted octanol–water partition coefficient (Wildman–Crippen LogP) is 4.40. The van der Waals surface area contributed by atoms with E-state index in [4.69, 9.17) is 4.74 Å². The Morgan fingerprint density at radius 2 is 1.86 bits per heavy atom. The molecule has 0 aliphatic rings. The fourth-order valence-electron chi connectivity index (χ4n) is 1.58. The average Bonchev–Trinajstić information content (AvgIpc) is 2.50. The molecule has 116 valence electrons. The van der Waals surface area contributed by atoms with Crippen LogP contribution in [0.2, 0.25) is 0 Å². The molecule has 0 atom stereocenters. The second-order valence-corrected chi connectivity index (χ2v) is 5.67. The Balaban J connectivity index is 2.00. The fourth-order valence-corrected chi connectivity index (χ4v) is 2.60. The number of aromatic nitrogens is 1. The van der Waals surface area contributed by atoms with Gasteiger partial charge in [-0.2, -0.15) is 9.37 Å². The first-order valence-electron chi connectivity index (χ1n) is 6.22. The number of hydrogen-bond donors (Lipinski definition) is 1. The first-order chi connectivity index (χ1) is 10.6. The molecule has 2 amide bonds. The number of carbonyl (C=O) groups excluding carboxylic acids is 1. The Kier molecular flexibility index (Phi) is 5.91. The Bertz CT molecular complexity index is 636. The molecular formula is C14H14FN3O2S2. The van der Waals surface area contributed by atoms with Gasteiger partial charge in [0.1, 0.15) is 5.75 Å². The van der Waals surface area contributed by atoms with Crippen LogP contribution in [0, 0.1) is 5.95 Å². The van der Waals surface area contributed by atoms with Gasteiger partial charge in [0.15, 0.2) is 0 Å². The molecule has 0 aliphatic heterocycles. The number of nitrogens with one attached hydrogen (secondary N) is 1. The summed E-state index contributed by atoms with van der Waals surface area (Å²) < 4.78 is 19.9. The molecule has 0 fully saturated rings. The molecule has 1 aromatic carbocycles. The van der Waals surface area contributed by atoms with E-state index in [1.54, 1.807) is 30.3 Å². The number of halogens is 1. The predicted molar refractivity (Wildman–Crippen MR) is 88.6 cm³/mol. The molecule has 0 spiro atoms. The van der Waals surface area contributed by atoms with Crippen LogP contribution in [0.1, 0.15) is 0 Å². The van der Waals surface area contributed by atoms with E-state index in [9.17, 15) is 9.18 Å². The molecule has 5 nitrogen and oxygen atoms in total. The van der Waals surface area contributed by atoms with Gasteiger partial charge in [-0.3, -0.25) is 0 Å². The number of pyridine rings is 1. The summed E-state index contributed by atoms with van der Waals surface area (Å²) in [6.45, 7) is 0. The summed E-state index contributed by atoms with van der Waals surface area (Å²) in [5, 5.41) is 2.76. The largest absolute Gasteiger partial charge is 0.439 e. The molecule has 0 bridgehead atoms. The molecule has 2 aromatic rings. The topological polar surface area (TPSA) is 54.5 Å². The third-order valence-electron chi connectivity index (χ3n) is 2.52. The number of carbonyl (C=O) groups is 1. The molecule has 22 heavy (non-hydrogen) atoms. The zero-order valence-electron chi connectivity index (χ0n) is 11.9. The Hall–Kier alpha value is -1.93. The van der Waals surface area contributed by atoms with E-state index < -0.39 is 5.95 Å². The van der Waals surface area contributed by atoms with Gasteiger partial charge in [-0.15, -0.1) is 0 Å². The first-order valence-corrected chi connectivity index (χ1v) is 8.58. The first kappa shape index (κ1) is 16.4. The molecule has 1 heterocycles. The molecule has 0 radical (unpaired) electrons. The molecule has 0 aliphatic carbocycles. The van der Waals surface area contributed by atoms with Crippen molar-refractivity contribution in [3.8, 4) is 11.6 Å². The van der Waals surface area contributed by atoms with Gasteiger partial charge in [0.25, 0.3) is 0 Å². The van der Waals surface area contributed by atoms with Gasteiger partial charge in [0, 0.05) is 24.3 Å². The minimum absolute atomic E-state index is 0.174. The number of amides is 2. The minimum Gasteiger partial charge on any atom is -0.439 e. The molecule has 1 aromatic heterocycles. The Labute approximate surface area is 136 Å². The van der Waals surface area contributed by atoms with Crippen LogP contribution in [0.25, 0.3) is 0 Å². The van der Waals surface area contributed by atoms with E-state index >= 15 is 0 Å². The van der Waals surface area contributed by atoms with E-state index in [0.717, 1.165) is 0 Å². The maximum absolute atomic E-state index is 13.0. The van der Waals surface area contributed by atoms with Crippen LogP contribution in [0.5, 0.6) is 11.6 Å². The highest BCUT2D eigenvalue weighted by Gasteiger charge is 2.11. The maximum atomic E-state index is 13.0. The van der Waals surface area contributed by atoms with Crippen LogP contribution >= 0.6 is 23.9 Å². The molecule has 2 rings (SSSR count). The summed E-state index contributed by atoms with van der Waals surface area (Å²) in [4.78, 5) is 15.5. The van der Waals surface area contributed by atoms with Crippen molar-refractivity contribution >= 4 is 35.6 Å². The number of benzene rings is 1. The van der Waals surface area contributed by atoms with Crippen LogP contribution in [0.4, 0.5) is 14.9 Å². The number of rotatable bonds is 5. The number of ether oxygens (including phenoxy) is 1. The molecule has 8 heteroatoms. The lowest BCUT2D eigenvalue weighted by Crippen LogP contribution is -2.22. The highest BCUT2D eigenvalue weighted by atomic mass is 32.2. The summed E-state index contributed by atoms with van der Waals surface area (Å²) in [6, 6.07) is 10.8. The lowest BCUT2D eigenvalue weighted by molar-refractivity contribution is 0.250. The SMILES string of the molecule is CSN(SC)C(=O)Nc1ccc(Oc2cccc(F)n2)cc1. The number of urea groups is 1. The zero-order valence-corrected chi connectivity index (χ0v) is 13.6. The van der Waals surface area contributed by atoms with Crippen molar-refractivity contribution in [1.29, 1.82) is 0 Å². The van der Waals surface area contributed by atoms with Gasteiger partial charge >= 0.3 is 6.03 Å². The van der Waals surface area contributed by atoms with Crippen molar-refractivity contribution in [3.05, 3.63) is 48.4 Å². The summed E-state index contributed by atoms with van der Waals surface area (Å²) in [7, 11) is 0. The van der Waals surface area contributed by atoms with Crippen molar-refractivity contribution in [2.75, 3.05) is 17.8 Å². The Morgan fingerprint density at radius 3 is 2.45 bits per heavy atom. The standard InChI is InChI=1S/C14H14FN3O2S2/c1-21-18(22-2)14(19)16-10-6-8-11(9-7-10)20-13-5-3-4-12(15)17-13/h3-9H,1-2H3,(H,16,19). The van der Waals surface area contributed by atoms with Gasteiger partial charge in [-0.1, -0.05) is 6.07 Å². The van der Waals surface area contributed by atoms with Crippen molar-refractivity contribution in [3.63, 3.8) is 0 Å². The lowest BCUT2D eigenvalue weighted by atomic mass is 10.3. The number of anilines is 1. The van der Waals surface area contributed by atoms with Crippen LogP contribution in [-0.2, 0) is 0 Å². The summed E-state index contributed by atoms with van der Waals surface area (Å²) in [6.07, 6.45) is 3.64. The average molecular weight is 339 g/mol. The second kappa shape index (κ2) is 7.90. The van der Waals surface area contributed by atoms with Gasteiger partial charge in [0.2, 0.25) is 11.8 Å². The number of hydrogen-bond acceptors (Lipinski definition) is 5. The highest BCUT2D eigenvalue weighted by molar-refractivity contribution is 8.12. The molecule has 0 unspecified atom stereocenters. The molecular weight excluding hydrogens is 325 g/mol. The minimum atomic E-state index is -0.601. The third kappa shape index (κ3) is 4.54. The number of nitrogens with zero attached hydrogens (tertiary/aromatic N) is 2. The van der Waals surface area contributed by atoms with E-state index in [1.807, 2.05) is 12.5 Å². The van der Waals surface area contributed by atoms with Gasteiger partial charge in [-0.05, 0) is 54.2 Å². The van der Waals surface area contributed by atoms with Crippen LogP contribution in [0.15, 0.2) is 42.5 Å². The van der Waals surface area contributed by atoms with Gasteiger partial charge in [0.05, 0.1) is 0 Å².